The van der Waals surface area contributed by atoms with Gasteiger partial charge in [0, 0.05) is 17.4 Å². The molecule has 0 radical (unpaired) electrons. The summed E-state index contributed by atoms with van der Waals surface area (Å²) in [6.45, 7) is 1.97. The molecule has 0 aliphatic carbocycles. The molecule has 1 heterocycles. The minimum absolute atomic E-state index is 0.0247. The molecule has 0 saturated carbocycles. The number of tetrazole rings is 1. The van der Waals surface area contributed by atoms with Crippen molar-refractivity contribution in [3.8, 4) is 5.69 Å². The Morgan fingerprint density at radius 3 is 2.70 bits per heavy atom. The number of non-ortho nitro benzene ring substituents is 1. The fourth-order valence-electron chi connectivity index (χ4n) is 2.10. The molecule has 0 spiro atoms. The Bertz CT molecular complexity index is 821. The molecule has 23 heavy (non-hydrogen) atoms. The quantitative estimate of drug-likeness (QED) is 0.405. The maximum absolute atomic E-state index is 10.9. The average Bonchev–Trinajstić information content (AvgIpc) is 3.04. The van der Waals surface area contributed by atoms with Crippen LogP contribution >= 0.6 is 11.8 Å². The van der Waals surface area contributed by atoms with Crippen LogP contribution in [0.25, 0.3) is 5.69 Å². The van der Waals surface area contributed by atoms with Crippen molar-refractivity contribution in [2.24, 2.45) is 0 Å². The predicted octanol–water partition coefficient (Wildman–Crippen LogP) is 3.42. The van der Waals surface area contributed by atoms with E-state index in [4.69, 9.17) is 0 Å². The van der Waals surface area contributed by atoms with E-state index < -0.39 is 4.92 Å². The molecule has 1 aromatic heterocycles. The van der Waals surface area contributed by atoms with Gasteiger partial charge >= 0.3 is 0 Å². The van der Waals surface area contributed by atoms with E-state index in [1.165, 1.54) is 17.8 Å². The Morgan fingerprint density at radius 2 is 1.96 bits per heavy atom. The van der Waals surface area contributed by atoms with E-state index in [0.29, 0.717) is 5.16 Å². The van der Waals surface area contributed by atoms with Crippen LogP contribution in [0.1, 0.15) is 17.7 Å². The summed E-state index contributed by atoms with van der Waals surface area (Å²) in [6, 6.07) is 16.2. The van der Waals surface area contributed by atoms with Gasteiger partial charge in [0.25, 0.3) is 5.69 Å². The molecule has 0 saturated heterocycles. The first-order chi connectivity index (χ1) is 11.1. The zero-order chi connectivity index (χ0) is 16.2. The second-order valence-corrected chi connectivity index (χ2v) is 6.13. The van der Waals surface area contributed by atoms with Crippen LogP contribution in [-0.4, -0.2) is 25.1 Å². The molecule has 2 aromatic carbocycles. The maximum atomic E-state index is 10.9. The summed E-state index contributed by atoms with van der Waals surface area (Å²) in [5.41, 5.74) is 1.80. The number of rotatable bonds is 5. The van der Waals surface area contributed by atoms with Gasteiger partial charge in [0.05, 0.1) is 10.6 Å². The second kappa shape index (κ2) is 6.57. The van der Waals surface area contributed by atoms with Crippen LogP contribution in [0.15, 0.2) is 59.8 Å². The second-order valence-electron chi connectivity index (χ2n) is 4.82. The molecule has 116 valence electrons. The molecular weight excluding hydrogens is 314 g/mol. The van der Waals surface area contributed by atoms with Crippen molar-refractivity contribution < 1.29 is 4.92 Å². The number of nitro groups is 1. The molecule has 0 aliphatic heterocycles. The van der Waals surface area contributed by atoms with Gasteiger partial charge in [-0.15, -0.1) is 5.10 Å². The lowest BCUT2D eigenvalue weighted by molar-refractivity contribution is -0.384. The van der Waals surface area contributed by atoms with Crippen LogP contribution in [0.3, 0.4) is 0 Å². The SMILES string of the molecule is CC(Sc1nnnn1-c1ccccc1)c1cccc([N+](=O)[O-])c1. The Kier molecular flexibility index (Phi) is 4.33. The van der Waals surface area contributed by atoms with Crippen LogP contribution in [0, 0.1) is 10.1 Å². The van der Waals surface area contributed by atoms with E-state index in [1.807, 2.05) is 43.3 Å². The van der Waals surface area contributed by atoms with Crippen LogP contribution in [0.5, 0.6) is 0 Å². The van der Waals surface area contributed by atoms with E-state index >= 15 is 0 Å². The standard InChI is InChI=1S/C15H13N5O2S/c1-11(12-6-5-9-14(10-12)20(21)22)23-15-16-17-18-19(15)13-7-3-2-4-8-13/h2-11H,1H3. The topological polar surface area (TPSA) is 86.7 Å². The van der Waals surface area contributed by atoms with Crippen molar-refractivity contribution in [2.75, 3.05) is 0 Å². The number of hydrogen-bond acceptors (Lipinski definition) is 6. The van der Waals surface area contributed by atoms with Gasteiger partial charge in [-0.3, -0.25) is 10.1 Å². The maximum Gasteiger partial charge on any atom is 0.269 e. The van der Waals surface area contributed by atoms with Gasteiger partial charge in [-0.05, 0) is 35.0 Å². The van der Waals surface area contributed by atoms with Gasteiger partial charge in [-0.25, -0.2) is 0 Å². The van der Waals surface area contributed by atoms with Crippen molar-refractivity contribution in [3.05, 3.63) is 70.3 Å². The van der Waals surface area contributed by atoms with Gasteiger partial charge in [-0.2, -0.15) is 4.68 Å². The first kappa shape index (κ1) is 15.2. The summed E-state index contributed by atoms with van der Waals surface area (Å²) >= 11 is 1.45. The minimum atomic E-state index is -0.394. The fourth-order valence-corrected chi connectivity index (χ4v) is 3.03. The average molecular weight is 327 g/mol. The highest BCUT2D eigenvalue weighted by molar-refractivity contribution is 7.99. The van der Waals surface area contributed by atoms with Crippen LogP contribution in [0.4, 0.5) is 5.69 Å². The molecule has 1 atom stereocenters. The summed E-state index contributed by atoms with van der Waals surface area (Å²) in [6.07, 6.45) is 0. The van der Waals surface area contributed by atoms with Crippen LogP contribution in [-0.2, 0) is 0 Å². The molecule has 0 aliphatic rings. The highest BCUT2D eigenvalue weighted by Gasteiger charge is 2.16. The van der Waals surface area contributed by atoms with Crippen LogP contribution in [0.2, 0.25) is 0 Å². The number of thioether (sulfide) groups is 1. The zero-order valence-corrected chi connectivity index (χ0v) is 13.1. The van der Waals surface area contributed by atoms with Crippen LogP contribution < -0.4 is 0 Å². The number of aromatic nitrogens is 4. The first-order valence-corrected chi connectivity index (χ1v) is 7.78. The van der Waals surface area contributed by atoms with E-state index in [9.17, 15) is 10.1 Å². The Balaban J connectivity index is 1.84. The van der Waals surface area contributed by atoms with Gasteiger partial charge < -0.3 is 0 Å². The molecule has 0 bridgehead atoms. The van der Waals surface area contributed by atoms with Gasteiger partial charge in [-0.1, -0.05) is 42.1 Å². The molecular formula is C15H13N5O2S. The van der Waals surface area contributed by atoms with E-state index in [0.717, 1.165) is 11.3 Å². The summed E-state index contributed by atoms with van der Waals surface area (Å²) in [5.74, 6) is 0. The van der Waals surface area contributed by atoms with Crippen molar-refractivity contribution in [1.29, 1.82) is 0 Å². The lowest BCUT2D eigenvalue weighted by Crippen LogP contribution is -2.00. The molecule has 0 fully saturated rings. The lowest BCUT2D eigenvalue weighted by atomic mass is 10.1. The van der Waals surface area contributed by atoms with E-state index in [2.05, 4.69) is 15.5 Å². The smallest absolute Gasteiger partial charge is 0.258 e. The molecule has 7 nitrogen and oxygen atoms in total. The van der Waals surface area contributed by atoms with Gasteiger partial charge in [0.1, 0.15) is 0 Å². The first-order valence-electron chi connectivity index (χ1n) is 6.90. The molecule has 3 aromatic rings. The molecule has 0 amide bonds. The zero-order valence-electron chi connectivity index (χ0n) is 12.2. The van der Waals surface area contributed by atoms with Crippen molar-refractivity contribution >= 4 is 17.4 Å². The molecule has 1 unspecified atom stereocenters. The molecule has 8 heteroatoms. The minimum Gasteiger partial charge on any atom is -0.258 e. The largest absolute Gasteiger partial charge is 0.269 e. The van der Waals surface area contributed by atoms with E-state index in [1.54, 1.807) is 16.8 Å². The van der Waals surface area contributed by atoms with Gasteiger partial charge in [0.15, 0.2) is 0 Å². The lowest BCUT2D eigenvalue weighted by Gasteiger charge is -2.11. The Morgan fingerprint density at radius 1 is 1.17 bits per heavy atom. The normalized spacial score (nSPS) is 12.0. The monoisotopic (exact) mass is 327 g/mol. The van der Waals surface area contributed by atoms with Crippen molar-refractivity contribution in [3.63, 3.8) is 0 Å². The summed E-state index contributed by atoms with van der Waals surface area (Å²) < 4.78 is 1.65. The highest BCUT2D eigenvalue weighted by Crippen LogP contribution is 2.35. The summed E-state index contributed by atoms with van der Waals surface area (Å²) in [5, 5.41) is 23.3. The number of nitrogens with zero attached hydrogens (tertiary/aromatic N) is 5. The number of para-hydroxylation sites is 1. The third-order valence-electron chi connectivity index (χ3n) is 3.27. The molecule has 3 rings (SSSR count). The predicted molar refractivity (Wildman–Crippen MR) is 86.5 cm³/mol. The molecule has 0 N–H and O–H groups in total. The highest BCUT2D eigenvalue weighted by atomic mass is 32.2. The number of benzene rings is 2. The number of nitro benzene ring substituents is 1. The summed E-state index contributed by atoms with van der Waals surface area (Å²) in [4.78, 5) is 10.5. The number of hydrogen-bond donors (Lipinski definition) is 0. The van der Waals surface area contributed by atoms with Crippen molar-refractivity contribution in [2.45, 2.75) is 17.3 Å². The van der Waals surface area contributed by atoms with Crippen molar-refractivity contribution in [1.82, 2.24) is 20.2 Å². The Hall–Kier alpha value is -2.74. The van der Waals surface area contributed by atoms with Gasteiger partial charge in [0.2, 0.25) is 5.16 Å². The third kappa shape index (κ3) is 3.37. The fraction of sp³-hybridized carbons (Fsp3) is 0.133. The Labute approximate surface area is 136 Å². The van der Waals surface area contributed by atoms with E-state index in [-0.39, 0.29) is 10.9 Å². The summed E-state index contributed by atoms with van der Waals surface area (Å²) in [7, 11) is 0. The third-order valence-corrected chi connectivity index (χ3v) is 4.37.